The van der Waals surface area contributed by atoms with Gasteiger partial charge in [-0.05, 0) is 44.5 Å². The summed E-state index contributed by atoms with van der Waals surface area (Å²) in [6, 6.07) is 6.69. The van der Waals surface area contributed by atoms with Crippen molar-refractivity contribution in [2.24, 2.45) is 0 Å². The fraction of sp³-hybridized carbons (Fsp3) is 0.250. The van der Waals surface area contributed by atoms with Gasteiger partial charge in [0, 0.05) is 22.9 Å². The van der Waals surface area contributed by atoms with Crippen LogP contribution in [0, 0.1) is 19.7 Å². The molecule has 0 saturated heterocycles. The van der Waals surface area contributed by atoms with Gasteiger partial charge in [-0.1, -0.05) is 0 Å². The zero-order valence-corrected chi connectivity index (χ0v) is 13.0. The molecule has 0 fully saturated rings. The van der Waals surface area contributed by atoms with Gasteiger partial charge in [-0.3, -0.25) is 0 Å². The molecular formula is C16H16FN3S. The van der Waals surface area contributed by atoms with E-state index in [1.165, 1.54) is 22.6 Å². The summed E-state index contributed by atoms with van der Waals surface area (Å²) in [6.45, 7) is 6.92. The number of aryl methyl sites for hydroxylation is 2. The minimum absolute atomic E-state index is 0.284. The lowest BCUT2D eigenvalue weighted by Crippen LogP contribution is -2.02. The van der Waals surface area contributed by atoms with Gasteiger partial charge in [0.15, 0.2) is 5.82 Å². The van der Waals surface area contributed by atoms with Crippen LogP contribution < -0.4 is 5.32 Å². The van der Waals surface area contributed by atoms with Gasteiger partial charge < -0.3 is 5.32 Å². The minimum atomic E-state index is -0.284. The third-order valence-electron chi connectivity index (χ3n) is 3.39. The zero-order valence-electron chi connectivity index (χ0n) is 12.2. The molecule has 0 amide bonds. The Hall–Kier alpha value is -2.01. The molecule has 2 heterocycles. The van der Waals surface area contributed by atoms with Crippen LogP contribution in [0.3, 0.4) is 0 Å². The monoisotopic (exact) mass is 301 g/mol. The van der Waals surface area contributed by atoms with Gasteiger partial charge >= 0.3 is 0 Å². The average molecular weight is 301 g/mol. The third kappa shape index (κ3) is 2.61. The van der Waals surface area contributed by atoms with E-state index in [0.717, 1.165) is 22.6 Å². The first-order chi connectivity index (χ1) is 10.1. The quantitative estimate of drug-likeness (QED) is 0.771. The number of nitrogens with zero attached hydrogens (tertiary/aromatic N) is 2. The summed E-state index contributed by atoms with van der Waals surface area (Å²) in [7, 11) is 0. The Balaban J connectivity index is 2.23. The van der Waals surface area contributed by atoms with Crippen LogP contribution in [0.4, 0.5) is 10.2 Å². The van der Waals surface area contributed by atoms with Crippen molar-refractivity contribution in [3.8, 4) is 10.7 Å². The van der Waals surface area contributed by atoms with Crippen LogP contribution in [-0.4, -0.2) is 16.5 Å². The first-order valence-electron chi connectivity index (χ1n) is 6.87. The van der Waals surface area contributed by atoms with Crippen molar-refractivity contribution in [2.45, 2.75) is 20.8 Å². The molecule has 3 rings (SSSR count). The Labute approximate surface area is 126 Å². The summed E-state index contributed by atoms with van der Waals surface area (Å²) in [5.41, 5.74) is 1.85. The molecule has 0 spiro atoms. The number of hydrogen-bond acceptors (Lipinski definition) is 4. The molecule has 21 heavy (non-hydrogen) atoms. The van der Waals surface area contributed by atoms with E-state index in [4.69, 9.17) is 0 Å². The van der Waals surface area contributed by atoms with E-state index in [2.05, 4.69) is 35.2 Å². The van der Waals surface area contributed by atoms with Gasteiger partial charge in [-0.15, -0.1) is 11.3 Å². The Morgan fingerprint density at radius 1 is 1.19 bits per heavy atom. The lowest BCUT2D eigenvalue weighted by Gasteiger charge is -2.08. The standard InChI is InChI=1S/C16H16FN3S/c1-4-18-15-12-6-5-11(17)8-13(12)19-16(20-15)14-7-9(2)10(3)21-14/h5-8H,4H2,1-3H3,(H,18,19,20). The molecule has 0 atom stereocenters. The summed E-state index contributed by atoms with van der Waals surface area (Å²) < 4.78 is 13.5. The molecule has 1 N–H and O–H groups in total. The normalized spacial score (nSPS) is 11.0. The SMILES string of the molecule is CCNc1nc(-c2cc(C)c(C)s2)nc2cc(F)ccc12. The molecule has 0 aliphatic carbocycles. The fourth-order valence-corrected chi connectivity index (χ4v) is 3.17. The summed E-state index contributed by atoms with van der Waals surface area (Å²) in [4.78, 5) is 11.4. The maximum absolute atomic E-state index is 13.5. The second-order valence-corrected chi connectivity index (χ2v) is 6.19. The highest BCUT2D eigenvalue weighted by atomic mass is 32.1. The number of anilines is 1. The molecule has 0 aliphatic rings. The van der Waals surface area contributed by atoms with Crippen molar-refractivity contribution in [1.29, 1.82) is 0 Å². The predicted octanol–water partition coefficient (Wildman–Crippen LogP) is 4.55. The molecule has 108 valence electrons. The molecule has 0 saturated carbocycles. The van der Waals surface area contributed by atoms with E-state index >= 15 is 0 Å². The van der Waals surface area contributed by atoms with Gasteiger partial charge in [-0.2, -0.15) is 0 Å². The molecule has 0 bridgehead atoms. The molecule has 0 unspecified atom stereocenters. The first-order valence-corrected chi connectivity index (χ1v) is 7.68. The van der Waals surface area contributed by atoms with Crippen molar-refractivity contribution >= 4 is 28.1 Å². The molecule has 1 aromatic carbocycles. The van der Waals surface area contributed by atoms with Crippen molar-refractivity contribution in [1.82, 2.24) is 9.97 Å². The van der Waals surface area contributed by atoms with Crippen molar-refractivity contribution in [3.05, 3.63) is 40.5 Å². The van der Waals surface area contributed by atoms with Crippen LogP contribution >= 0.6 is 11.3 Å². The molecule has 3 nitrogen and oxygen atoms in total. The van der Waals surface area contributed by atoms with E-state index in [-0.39, 0.29) is 5.82 Å². The van der Waals surface area contributed by atoms with Gasteiger partial charge in [0.2, 0.25) is 0 Å². The number of halogens is 1. The molecule has 5 heteroatoms. The molecule has 2 aromatic heterocycles. The average Bonchev–Trinajstić information content (AvgIpc) is 2.78. The largest absolute Gasteiger partial charge is 0.370 e. The Kier molecular flexibility index (Phi) is 3.59. The lowest BCUT2D eigenvalue weighted by molar-refractivity contribution is 0.629. The van der Waals surface area contributed by atoms with E-state index in [0.29, 0.717) is 11.3 Å². The maximum Gasteiger partial charge on any atom is 0.172 e. The maximum atomic E-state index is 13.5. The number of fused-ring (bicyclic) bond motifs is 1. The summed E-state index contributed by atoms with van der Waals surface area (Å²) in [5, 5.41) is 4.07. The van der Waals surface area contributed by atoms with Crippen LogP contribution in [0.1, 0.15) is 17.4 Å². The smallest absolute Gasteiger partial charge is 0.172 e. The second kappa shape index (κ2) is 5.41. The third-order valence-corrected chi connectivity index (χ3v) is 4.54. The van der Waals surface area contributed by atoms with Gasteiger partial charge in [0.1, 0.15) is 11.6 Å². The van der Waals surface area contributed by atoms with Gasteiger partial charge in [0.25, 0.3) is 0 Å². The number of rotatable bonds is 3. The number of nitrogens with one attached hydrogen (secondary N) is 1. The van der Waals surface area contributed by atoms with E-state index in [9.17, 15) is 4.39 Å². The number of thiophene rings is 1. The van der Waals surface area contributed by atoms with Gasteiger partial charge in [0.05, 0.1) is 10.4 Å². The molecular weight excluding hydrogens is 285 g/mol. The van der Waals surface area contributed by atoms with Crippen LogP contribution in [0.2, 0.25) is 0 Å². The van der Waals surface area contributed by atoms with E-state index in [1.807, 2.05) is 6.92 Å². The Morgan fingerprint density at radius 3 is 2.67 bits per heavy atom. The van der Waals surface area contributed by atoms with Crippen LogP contribution in [-0.2, 0) is 0 Å². The highest BCUT2D eigenvalue weighted by Crippen LogP contribution is 2.31. The van der Waals surface area contributed by atoms with Crippen LogP contribution in [0.5, 0.6) is 0 Å². The van der Waals surface area contributed by atoms with Crippen LogP contribution in [0.15, 0.2) is 24.3 Å². The molecule has 3 aromatic rings. The van der Waals surface area contributed by atoms with E-state index in [1.54, 1.807) is 17.4 Å². The van der Waals surface area contributed by atoms with E-state index < -0.39 is 0 Å². The highest BCUT2D eigenvalue weighted by molar-refractivity contribution is 7.15. The second-order valence-electron chi connectivity index (χ2n) is 4.94. The van der Waals surface area contributed by atoms with Crippen LogP contribution in [0.25, 0.3) is 21.6 Å². The van der Waals surface area contributed by atoms with Crippen molar-refractivity contribution in [3.63, 3.8) is 0 Å². The summed E-state index contributed by atoms with van der Waals surface area (Å²) in [5.74, 6) is 1.11. The highest BCUT2D eigenvalue weighted by Gasteiger charge is 2.12. The fourth-order valence-electron chi connectivity index (χ4n) is 2.20. The van der Waals surface area contributed by atoms with Crippen molar-refractivity contribution < 1.29 is 4.39 Å². The summed E-state index contributed by atoms with van der Waals surface area (Å²) in [6.07, 6.45) is 0. The zero-order chi connectivity index (χ0) is 15.0. The molecule has 0 aliphatic heterocycles. The lowest BCUT2D eigenvalue weighted by atomic mass is 10.2. The Bertz CT molecular complexity index is 791. The summed E-state index contributed by atoms with van der Waals surface area (Å²) >= 11 is 1.66. The minimum Gasteiger partial charge on any atom is -0.370 e. The van der Waals surface area contributed by atoms with Gasteiger partial charge in [-0.25, -0.2) is 14.4 Å². The predicted molar refractivity (Wildman–Crippen MR) is 86.4 cm³/mol. The molecule has 0 radical (unpaired) electrons. The topological polar surface area (TPSA) is 37.8 Å². The first kappa shape index (κ1) is 13.9. The number of aromatic nitrogens is 2. The van der Waals surface area contributed by atoms with Crippen molar-refractivity contribution in [2.75, 3.05) is 11.9 Å². The Morgan fingerprint density at radius 2 is 2.00 bits per heavy atom. The number of hydrogen-bond donors (Lipinski definition) is 1. The number of benzene rings is 1.